The molecule has 0 saturated carbocycles. The van der Waals surface area contributed by atoms with E-state index in [1.807, 2.05) is 6.92 Å². The summed E-state index contributed by atoms with van der Waals surface area (Å²) in [6.45, 7) is 8.32. The van der Waals surface area contributed by atoms with Crippen molar-refractivity contribution in [3.63, 3.8) is 0 Å². The molecule has 0 heterocycles. The first-order chi connectivity index (χ1) is 12.8. The second kappa shape index (κ2) is 13.2. The van der Waals surface area contributed by atoms with Crippen LogP contribution in [0.5, 0.6) is 0 Å². The van der Waals surface area contributed by atoms with E-state index < -0.39 is 23.0 Å². The summed E-state index contributed by atoms with van der Waals surface area (Å²) in [6.07, 6.45) is 7.46. The Bertz CT molecular complexity index is 525. The summed E-state index contributed by atoms with van der Waals surface area (Å²) in [5.41, 5.74) is -1.87. The highest BCUT2D eigenvalue weighted by Crippen LogP contribution is 2.27. The van der Waals surface area contributed by atoms with E-state index in [1.165, 1.54) is 14.0 Å². The lowest BCUT2D eigenvalue weighted by Gasteiger charge is -2.23. The molecule has 0 aromatic carbocycles. The molecule has 0 aliphatic carbocycles. The van der Waals surface area contributed by atoms with Gasteiger partial charge in [-0.3, -0.25) is 19.2 Å². The Morgan fingerprint density at radius 3 is 2.07 bits per heavy atom. The van der Waals surface area contributed by atoms with Crippen molar-refractivity contribution in [3.05, 3.63) is 12.7 Å². The fourth-order valence-electron chi connectivity index (χ4n) is 3.00. The van der Waals surface area contributed by atoms with Crippen LogP contribution in [0.4, 0.5) is 0 Å². The minimum Gasteiger partial charge on any atom is -0.469 e. The Morgan fingerprint density at radius 2 is 1.59 bits per heavy atom. The van der Waals surface area contributed by atoms with E-state index in [-0.39, 0.29) is 24.9 Å². The number of rotatable bonds is 15. The molecular formula is C21H34O6. The number of carbonyl (C=O) groups excluding carboxylic acids is 4. The van der Waals surface area contributed by atoms with Gasteiger partial charge in [0.15, 0.2) is 11.6 Å². The number of ketones is 2. The fraction of sp³-hybridized carbons (Fsp3) is 0.714. The first kappa shape index (κ1) is 25.0. The van der Waals surface area contributed by atoms with Gasteiger partial charge in [0.05, 0.1) is 19.6 Å². The molecular weight excluding hydrogens is 348 g/mol. The standard InChI is InChI=1S/C21H34O6/c1-6-21(17(4)22,20(25)27-7-2)18(23)15-13-11-9-8-10-12-14-16(3)19(24)26-5/h6,16H,1,7-15H2,2-5H3. The molecule has 0 rings (SSSR count). The van der Waals surface area contributed by atoms with Crippen molar-refractivity contribution in [1.29, 1.82) is 0 Å². The highest BCUT2D eigenvalue weighted by atomic mass is 16.5. The molecule has 0 aliphatic heterocycles. The number of Topliss-reactive ketones (excluding diaryl/α,β-unsaturated/α-hetero) is 2. The van der Waals surface area contributed by atoms with Crippen molar-refractivity contribution in [1.82, 2.24) is 0 Å². The summed E-state index contributed by atoms with van der Waals surface area (Å²) >= 11 is 0. The van der Waals surface area contributed by atoms with Crippen molar-refractivity contribution in [2.75, 3.05) is 13.7 Å². The molecule has 0 spiro atoms. The molecule has 0 aliphatic rings. The Hall–Kier alpha value is -1.98. The lowest BCUT2D eigenvalue weighted by Crippen LogP contribution is -2.44. The third kappa shape index (κ3) is 7.65. The number of carbonyl (C=O) groups is 4. The van der Waals surface area contributed by atoms with Crippen LogP contribution in [0.2, 0.25) is 0 Å². The van der Waals surface area contributed by atoms with Gasteiger partial charge >= 0.3 is 11.9 Å². The summed E-state index contributed by atoms with van der Waals surface area (Å²) in [4.78, 5) is 47.9. The highest BCUT2D eigenvalue weighted by molar-refractivity contribution is 6.23. The van der Waals surface area contributed by atoms with Crippen LogP contribution < -0.4 is 0 Å². The van der Waals surface area contributed by atoms with E-state index in [2.05, 4.69) is 6.58 Å². The maximum Gasteiger partial charge on any atom is 0.331 e. The number of methoxy groups -OCH3 is 1. The van der Waals surface area contributed by atoms with Crippen LogP contribution in [0.25, 0.3) is 0 Å². The van der Waals surface area contributed by atoms with Crippen LogP contribution in [-0.4, -0.2) is 37.2 Å². The van der Waals surface area contributed by atoms with Gasteiger partial charge in [0.1, 0.15) is 0 Å². The lowest BCUT2D eigenvalue weighted by molar-refractivity contribution is -0.160. The summed E-state index contributed by atoms with van der Waals surface area (Å²) < 4.78 is 9.61. The highest BCUT2D eigenvalue weighted by Gasteiger charge is 2.48. The number of unbranched alkanes of at least 4 members (excludes halogenated alkanes) is 5. The maximum atomic E-state index is 12.5. The average Bonchev–Trinajstić information content (AvgIpc) is 2.63. The van der Waals surface area contributed by atoms with Crippen molar-refractivity contribution in [2.24, 2.45) is 11.3 Å². The van der Waals surface area contributed by atoms with Crippen LogP contribution in [0.15, 0.2) is 12.7 Å². The minimum absolute atomic E-state index is 0.0749. The molecule has 0 aromatic rings. The normalized spacial score (nSPS) is 13.9. The first-order valence-corrected chi connectivity index (χ1v) is 9.70. The van der Waals surface area contributed by atoms with E-state index in [9.17, 15) is 19.2 Å². The Kier molecular flexibility index (Phi) is 12.3. The van der Waals surface area contributed by atoms with Gasteiger partial charge in [-0.15, -0.1) is 6.58 Å². The molecule has 6 nitrogen and oxygen atoms in total. The van der Waals surface area contributed by atoms with Crippen LogP contribution >= 0.6 is 0 Å². The number of hydrogen-bond acceptors (Lipinski definition) is 6. The quantitative estimate of drug-likeness (QED) is 0.185. The third-order valence-electron chi connectivity index (χ3n) is 4.79. The van der Waals surface area contributed by atoms with Crippen molar-refractivity contribution in [2.45, 2.75) is 72.1 Å². The number of ether oxygens (including phenoxy) is 2. The zero-order valence-electron chi connectivity index (χ0n) is 17.2. The average molecular weight is 382 g/mol. The van der Waals surface area contributed by atoms with Gasteiger partial charge in [-0.1, -0.05) is 45.1 Å². The second-order valence-electron chi connectivity index (χ2n) is 6.80. The van der Waals surface area contributed by atoms with E-state index in [0.717, 1.165) is 44.6 Å². The topological polar surface area (TPSA) is 86.7 Å². The fourth-order valence-corrected chi connectivity index (χ4v) is 3.00. The zero-order chi connectivity index (χ0) is 20.9. The molecule has 0 radical (unpaired) electrons. The van der Waals surface area contributed by atoms with Gasteiger partial charge < -0.3 is 9.47 Å². The van der Waals surface area contributed by atoms with Crippen LogP contribution in [-0.2, 0) is 28.7 Å². The molecule has 0 aromatic heterocycles. The smallest absolute Gasteiger partial charge is 0.331 e. The predicted molar refractivity (Wildman–Crippen MR) is 103 cm³/mol. The molecule has 6 heteroatoms. The third-order valence-corrected chi connectivity index (χ3v) is 4.79. The Balaban J connectivity index is 4.23. The summed E-state index contributed by atoms with van der Waals surface area (Å²) in [7, 11) is 1.40. The molecule has 0 saturated heterocycles. The van der Waals surface area contributed by atoms with Gasteiger partial charge in [-0.2, -0.15) is 0 Å². The van der Waals surface area contributed by atoms with Gasteiger partial charge in [0.2, 0.25) is 5.41 Å². The van der Waals surface area contributed by atoms with Gasteiger partial charge in [-0.05, 0) is 26.7 Å². The molecule has 0 N–H and O–H groups in total. The first-order valence-electron chi connectivity index (χ1n) is 9.70. The van der Waals surface area contributed by atoms with E-state index >= 15 is 0 Å². The summed E-state index contributed by atoms with van der Waals surface area (Å²) in [5.74, 6) is -2.09. The lowest BCUT2D eigenvalue weighted by atomic mass is 9.78. The molecule has 0 amide bonds. The van der Waals surface area contributed by atoms with E-state index in [0.29, 0.717) is 6.42 Å². The number of hydrogen-bond donors (Lipinski definition) is 0. The van der Waals surface area contributed by atoms with Crippen LogP contribution in [0.3, 0.4) is 0 Å². The molecule has 2 unspecified atom stereocenters. The molecule has 27 heavy (non-hydrogen) atoms. The summed E-state index contributed by atoms with van der Waals surface area (Å²) in [5, 5.41) is 0. The van der Waals surface area contributed by atoms with Crippen molar-refractivity contribution >= 4 is 23.5 Å². The SMILES string of the molecule is C=CC(C(C)=O)(C(=O)CCCCCCCCC(C)C(=O)OC)C(=O)OCC. The van der Waals surface area contributed by atoms with Gasteiger partial charge in [-0.25, -0.2) is 0 Å². The Labute approximate surface area is 162 Å². The van der Waals surface area contributed by atoms with Crippen molar-refractivity contribution < 1.29 is 28.7 Å². The van der Waals surface area contributed by atoms with Gasteiger partial charge in [0, 0.05) is 6.42 Å². The van der Waals surface area contributed by atoms with Crippen molar-refractivity contribution in [3.8, 4) is 0 Å². The number of esters is 2. The summed E-state index contributed by atoms with van der Waals surface area (Å²) in [6, 6.07) is 0. The maximum absolute atomic E-state index is 12.5. The largest absolute Gasteiger partial charge is 0.469 e. The Morgan fingerprint density at radius 1 is 1.04 bits per heavy atom. The van der Waals surface area contributed by atoms with E-state index in [1.54, 1.807) is 6.92 Å². The second-order valence-corrected chi connectivity index (χ2v) is 6.80. The molecule has 154 valence electrons. The monoisotopic (exact) mass is 382 g/mol. The predicted octanol–water partition coefficient (Wildman–Crippen LogP) is 3.81. The van der Waals surface area contributed by atoms with Crippen LogP contribution in [0, 0.1) is 11.3 Å². The van der Waals surface area contributed by atoms with Gasteiger partial charge in [0.25, 0.3) is 0 Å². The molecule has 0 fully saturated rings. The molecule has 2 atom stereocenters. The zero-order valence-corrected chi connectivity index (χ0v) is 17.2. The van der Waals surface area contributed by atoms with E-state index in [4.69, 9.17) is 9.47 Å². The minimum atomic E-state index is -1.87. The van der Waals surface area contributed by atoms with Crippen LogP contribution in [0.1, 0.15) is 72.1 Å². The molecule has 0 bridgehead atoms.